The number of carbonyl (C=O) groups is 6. The van der Waals surface area contributed by atoms with Gasteiger partial charge >= 0.3 is 0 Å². The molecule has 262 valence electrons. The summed E-state index contributed by atoms with van der Waals surface area (Å²) in [6, 6.07) is 0. The van der Waals surface area contributed by atoms with Crippen molar-refractivity contribution in [3.05, 3.63) is 0 Å². The second-order valence-electron chi connectivity index (χ2n) is 7.53. The zero-order valence-corrected chi connectivity index (χ0v) is 23.1. The molecular formula is C18H24Fe2O24-6. The average molecular weight is 736 g/mol. The molecule has 44 heavy (non-hydrogen) atoms. The van der Waals surface area contributed by atoms with Gasteiger partial charge in [-0.3, -0.25) is 0 Å². The summed E-state index contributed by atoms with van der Waals surface area (Å²) in [6.45, 7) is 0. The van der Waals surface area contributed by atoms with Crippen LogP contribution in [0.2, 0.25) is 0 Å². The summed E-state index contributed by atoms with van der Waals surface area (Å²) in [5.41, 5.74) is 0. The quantitative estimate of drug-likeness (QED) is 0.0694. The number of aliphatic hydroxyl groups is 12. The number of carboxylic acids is 6. The van der Waals surface area contributed by atoms with E-state index in [0.717, 1.165) is 0 Å². The van der Waals surface area contributed by atoms with Crippen molar-refractivity contribution >= 4 is 35.8 Å². The van der Waals surface area contributed by atoms with Crippen molar-refractivity contribution in [1.82, 2.24) is 0 Å². The summed E-state index contributed by atoms with van der Waals surface area (Å²) in [7, 11) is 0. The molecule has 0 saturated heterocycles. The number of carbonyl (C=O) groups excluding carboxylic acids is 6. The second kappa shape index (κ2) is 23.7. The summed E-state index contributed by atoms with van der Waals surface area (Å²) < 4.78 is 0. The SMILES string of the molecule is O=C([O-])C(O)C(O)C(O)C(O)C(=O)[O-].O=C([O-])C(O)C(O)C(O)C(O)C(=O)[O-].O=C([O-])C(O)C(O)C(O)C(O)C(=O)[O-].[Fe].[Fe]. The molecule has 12 N–H and O–H groups in total. The molecule has 26 heteroatoms. The fourth-order valence-electron chi connectivity index (χ4n) is 1.96. The molecule has 12 atom stereocenters. The minimum absolute atomic E-state index is 0. The molecule has 0 aromatic heterocycles. The Balaban J connectivity index is -0.000000169. The topological polar surface area (TPSA) is 484 Å². The van der Waals surface area contributed by atoms with Crippen molar-refractivity contribution in [2.24, 2.45) is 0 Å². The van der Waals surface area contributed by atoms with Crippen LogP contribution in [-0.2, 0) is 62.9 Å². The monoisotopic (exact) mass is 736 g/mol. The Hall–Kier alpha value is -2.62. The first-order chi connectivity index (χ1) is 18.9. The van der Waals surface area contributed by atoms with Gasteiger partial charge in [0.2, 0.25) is 0 Å². The summed E-state index contributed by atoms with van der Waals surface area (Å²) in [5.74, 6) is -12.7. The molecule has 0 aliphatic carbocycles. The first-order valence-electron chi connectivity index (χ1n) is 10.3. The molecule has 0 spiro atoms. The maximum atomic E-state index is 9.96. The van der Waals surface area contributed by atoms with Crippen LogP contribution in [0.5, 0.6) is 0 Å². The maximum absolute atomic E-state index is 9.96. The molecular weight excluding hydrogens is 712 g/mol. The minimum Gasteiger partial charge on any atom is -0.547 e. The van der Waals surface area contributed by atoms with Crippen LogP contribution in [0.15, 0.2) is 0 Å². The normalized spacial score (nSPS) is 18.5. The third-order valence-electron chi connectivity index (χ3n) is 4.44. The number of hydrogen-bond donors (Lipinski definition) is 12. The van der Waals surface area contributed by atoms with Gasteiger partial charge in [0.15, 0.2) is 0 Å². The van der Waals surface area contributed by atoms with Crippen molar-refractivity contribution in [3.63, 3.8) is 0 Å². The van der Waals surface area contributed by atoms with E-state index in [1.807, 2.05) is 0 Å². The molecule has 0 fully saturated rings. The van der Waals surface area contributed by atoms with Gasteiger partial charge in [-0.25, -0.2) is 0 Å². The van der Waals surface area contributed by atoms with Crippen molar-refractivity contribution in [2.45, 2.75) is 73.2 Å². The zero-order valence-electron chi connectivity index (χ0n) is 20.9. The number of aliphatic hydroxyl groups excluding tert-OH is 12. The molecule has 0 radical (unpaired) electrons. The van der Waals surface area contributed by atoms with Crippen LogP contribution in [0.4, 0.5) is 0 Å². The van der Waals surface area contributed by atoms with Gasteiger partial charge in [-0.05, 0) is 0 Å². The predicted molar refractivity (Wildman–Crippen MR) is 102 cm³/mol. The van der Waals surface area contributed by atoms with E-state index in [9.17, 15) is 59.4 Å². The van der Waals surface area contributed by atoms with Gasteiger partial charge in [-0.2, -0.15) is 0 Å². The largest absolute Gasteiger partial charge is 0.547 e. The van der Waals surface area contributed by atoms with E-state index in [0.29, 0.717) is 0 Å². The molecule has 0 saturated carbocycles. The maximum Gasteiger partial charge on any atom is 0.122 e. The Morgan fingerprint density at radius 3 is 0.386 bits per heavy atom. The van der Waals surface area contributed by atoms with Crippen LogP contribution in [0, 0.1) is 0 Å². The van der Waals surface area contributed by atoms with Gasteiger partial charge in [-0.1, -0.05) is 0 Å². The van der Waals surface area contributed by atoms with Gasteiger partial charge in [0, 0.05) is 34.1 Å². The molecule has 0 rings (SSSR count). The average Bonchev–Trinajstić information content (AvgIpc) is 2.92. The van der Waals surface area contributed by atoms with Crippen molar-refractivity contribution in [3.8, 4) is 0 Å². The van der Waals surface area contributed by atoms with E-state index in [2.05, 4.69) is 0 Å². The van der Waals surface area contributed by atoms with E-state index in [1.165, 1.54) is 0 Å². The van der Waals surface area contributed by atoms with Crippen molar-refractivity contribution in [1.29, 1.82) is 0 Å². The van der Waals surface area contributed by atoms with Gasteiger partial charge in [0.05, 0.1) is 35.8 Å². The van der Waals surface area contributed by atoms with Gasteiger partial charge < -0.3 is 121 Å². The molecule has 0 amide bonds. The summed E-state index contributed by atoms with van der Waals surface area (Å²) in [5, 5.41) is 164. The van der Waals surface area contributed by atoms with Crippen LogP contribution >= 0.6 is 0 Å². The van der Waals surface area contributed by atoms with Crippen LogP contribution in [0.1, 0.15) is 0 Å². The smallest absolute Gasteiger partial charge is 0.122 e. The number of hydrogen-bond acceptors (Lipinski definition) is 24. The minimum atomic E-state index is -2.50. The standard InChI is InChI=1S/3C6H10O8.2Fe/c3*7-1(3(9)5(11)12)2(8)4(10)6(13)14;;/h3*1-4,7-10H,(H,11,12)(H,13,14);;/p-6. The Kier molecular flexibility index (Phi) is 27.5. The Morgan fingerprint density at radius 2 is 0.341 bits per heavy atom. The van der Waals surface area contributed by atoms with Gasteiger partial charge in [0.25, 0.3) is 0 Å². The van der Waals surface area contributed by atoms with Crippen LogP contribution in [0.25, 0.3) is 0 Å². The van der Waals surface area contributed by atoms with Gasteiger partial charge in [0.1, 0.15) is 73.2 Å². The zero-order chi connectivity index (χ0) is 34.4. The summed E-state index contributed by atoms with van der Waals surface area (Å²) >= 11 is 0. The van der Waals surface area contributed by atoms with Gasteiger partial charge in [-0.15, -0.1) is 0 Å². The van der Waals surface area contributed by atoms with E-state index in [-0.39, 0.29) is 34.1 Å². The van der Waals surface area contributed by atoms with E-state index in [1.54, 1.807) is 0 Å². The molecule has 0 aromatic rings. The van der Waals surface area contributed by atoms with Crippen molar-refractivity contribution < 1.29 is 155 Å². The number of rotatable bonds is 15. The van der Waals surface area contributed by atoms with E-state index in [4.69, 9.17) is 61.3 Å². The molecule has 0 aliphatic rings. The Bertz CT molecular complexity index is 731. The van der Waals surface area contributed by atoms with E-state index < -0.39 is 109 Å². The third-order valence-corrected chi connectivity index (χ3v) is 4.44. The van der Waals surface area contributed by atoms with Crippen molar-refractivity contribution in [2.75, 3.05) is 0 Å². The van der Waals surface area contributed by atoms with Crippen LogP contribution in [0.3, 0.4) is 0 Å². The molecule has 0 bridgehead atoms. The molecule has 12 unspecified atom stereocenters. The second-order valence-corrected chi connectivity index (χ2v) is 7.53. The number of carboxylic acid groups (broad SMARTS) is 6. The van der Waals surface area contributed by atoms with E-state index >= 15 is 0 Å². The summed E-state index contributed by atoms with van der Waals surface area (Å²) in [6.07, 6.45) is -29.3. The molecule has 0 aliphatic heterocycles. The first kappa shape index (κ1) is 51.0. The Morgan fingerprint density at radius 1 is 0.273 bits per heavy atom. The third kappa shape index (κ3) is 17.6. The molecule has 0 heterocycles. The Labute approximate surface area is 263 Å². The first-order valence-corrected chi connectivity index (χ1v) is 10.3. The van der Waals surface area contributed by atoms with Crippen LogP contribution in [-0.4, -0.2) is 170 Å². The summed E-state index contributed by atoms with van der Waals surface area (Å²) in [4.78, 5) is 59.8. The fraction of sp³-hybridized carbons (Fsp3) is 0.667. The van der Waals surface area contributed by atoms with Crippen LogP contribution < -0.4 is 30.6 Å². The molecule has 24 nitrogen and oxygen atoms in total. The predicted octanol–water partition coefficient (Wildman–Crippen LogP) is -18.2. The fourth-order valence-corrected chi connectivity index (χ4v) is 1.96. The molecule has 0 aromatic carbocycles. The number of aliphatic carboxylic acids is 6.